The Bertz CT molecular complexity index is 410. The predicted octanol–water partition coefficient (Wildman–Crippen LogP) is -0.910. The standard InChI is InChI=1S/C12H20N2O7/c1-3-8(12(20)21-6(2)10(16)17)14-9(15)5-4-7(13)11(18)19/h6-8H,3-5,13H2,1-2H3,(H,14,15)(H,16,17)(H,18,19)/t6-,7-,8-/m0/s1. The summed E-state index contributed by atoms with van der Waals surface area (Å²) >= 11 is 0. The first kappa shape index (κ1) is 18.8. The average Bonchev–Trinajstić information content (AvgIpc) is 2.41. The number of hydrogen-bond donors (Lipinski definition) is 4. The molecule has 0 aromatic carbocycles. The van der Waals surface area contributed by atoms with Crippen LogP contribution in [0, 0.1) is 0 Å². The Morgan fingerprint density at radius 1 is 1.19 bits per heavy atom. The molecule has 0 aliphatic rings. The fourth-order valence-electron chi connectivity index (χ4n) is 1.31. The molecule has 0 saturated heterocycles. The normalized spacial score (nSPS) is 14.6. The lowest BCUT2D eigenvalue weighted by molar-refractivity contribution is -0.164. The van der Waals surface area contributed by atoms with Crippen LogP contribution in [0.25, 0.3) is 0 Å². The molecule has 0 spiro atoms. The Hall–Kier alpha value is -2.16. The molecule has 0 saturated carbocycles. The maximum absolute atomic E-state index is 11.7. The molecule has 21 heavy (non-hydrogen) atoms. The van der Waals surface area contributed by atoms with Crippen LogP contribution in [-0.2, 0) is 23.9 Å². The first-order valence-corrected chi connectivity index (χ1v) is 6.40. The summed E-state index contributed by atoms with van der Waals surface area (Å²) < 4.78 is 4.66. The summed E-state index contributed by atoms with van der Waals surface area (Å²) in [4.78, 5) is 44.3. The van der Waals surface area contributed by atoms with Gasteiger partial charge in [-0.25, -0.2) is 9.59 Å². The highest BCUT2D eigenvalue weighted by Crippen LogP contribution is 2.02. The van der Waals surface area contributed by atoms with Gasteiger partial charge in [-0.05, 0) is 19.8 Å². The van der Waals surface area contributed by atoms with Crippen molar-refractivity contribution in [3.05, 3.63) is 0 Å². The van der Waals surface area contributed by atoms with Crippen LogP contribution in [0.4, 0.5) is 0 Å². The van der Waals surface area contributed by atoms with Gasteiger partial charge in [0.15, 0.2) is 6.10 Å². The molecule has 0 radical (unpaired) electrons. The first-order valence-electron chi connectivity index (χ1n) is 6.40. The third-order valence-electron chi connectivity index (χ3n) is 2.67. The predicted molar refractivity (Wildman–Crippen MR) is 70.3 cm³/mol. The van der Waals surface area contributed by atoms with E-state index in [0.29, 0.717) is 0 Å². The molecule has 120 valence electrons. The molecule has 9 nitrogen and oxygen atoms in total. The Morgan fingerprint density at radius 2 is 1.76 bits per heavy atom. The summed E-state index contributed by atoms with van der Waals surface area (Å²) in [7, 11) is 0. The van der Waals surface area contributed by atoms with Crippen LogP contribution in [0.3, 0.4) is 0 Å². The second-order valence-electron chi connectivity index (χ2n) is 4.43. The summed E-state index contributed by atoms with van der Waals surface area (Å²) in [5.41, 5.74) is 5.25. The zero-order valence-electron chi connectivity index (χ0n) is 11.9. The minimum Gasteiger partial charge on any atom is -0.480 e. The smallest absolute Gasteiger partial charge is 0.344 e. The lowest BCUT2D eigenvalue weighted by atomic mass is 10.1. The van der Waals surface area contributed by atoms with Gasteiger partial charge in [-0.1, -0.05) is 6.92 Å². The topological polar surface area (TPSA) is 156 Å². The third kappa shape index (κ3) is 7.25. The van der Waals surface area contributed by atoms with Crippen molar-refractivity contribution in [2.24, 2.45) is 5.73 Å². The van der Waals surface area contributed by atoms with E-state index < -0.39 is 42.0 Å². The van der Waals surface area contributed by atoms with Crippen molar-refractivity contribution in [1.82, 2.24) is 5.32 Å². The molecule has 3 atom stereocenters. The van der Waals surface area contributed by atoms with Crippen molar-refractivity contribution in [1.29, 1.82) is 0 Å². The molecule has 0 aromatic rings. The average molecular weight is 304 g/mol. The van der Waals surface area contributed by atoms with Gasteiger partial charge in [-0.15, -0.1) is 0 Å². The number of carbonyl (C=O) groups is 4. The molecule has 0 heterocycles. The third-order valence-corrected chi connectivity index (χ3v) is 2.67. The number of nitrogens with two attached hydrogens (primary N) is 1. The molecular formula is C12H20N2O7. The first-order chi connectivity index (χ1) is 9.68. The number of hydrogen-bond acceptors (Lipinski definition) is 6. The molecule has 0 rings (SSSR count). The van der Waals surface area contributed by atoms with Gasteiger partial charge in [0.05, 0.1) is 0 Å². The van der Waals surface area contributed by atoms with Crippen LogP contribution in [0.5, 0.6) is 0 Å². The summed E-state index contributed by atoms with van der Waals surface area (Å²) in [5.74, 6) is -3.93. The van der Waals surface area contributed by atoms with Gasteiger partial charge < -0.3 is 26.0 Å². The molecule has 0 bridgehead atoms. The highest BCUT2D eigenvalue weighted by Gasteiger charge is 2.25. The van der Waals surface area contributed by atoms with Gasteiger partial charge in [0.1, 0.15) is 12.1 Å². The van der Waals surface area contributed by atoms with Crippen molar-refractivity contribution in [2.75, 3.05) is 0 Å². The van der Waals surface area contributed by atoms with Crippen LogP contribution < -0.4 is 11.1 Å². The minimum atomic E-state index is -1.32. The highest BCUT2D eigenvalue weighted by molar-refractivity contribution is 5.86. The Labute approximate surface area is 121 Å². The fraction of sp³-hybridized carbons (Fsp3) is 0.667. The molecule has 9 heteroatoms. The molecule has 0 unspecified atom stereocenters. The van der Waals surface area contributed by atoms with E-state index in [9.17, 15) is 19.2 Å². The number of rotatable bonds is 9. The van der Waals surface area contributed by atoms with Gasteiger partial charge in [0.2, 0.25) is 5.91 Å². The van der Waals surface area contributed by atoms with Gasteiger partial charge in [0.25, 0.3) is 0 Å². The number of aliphatic carboxylic acids is 2. The van der Waals surface area contributed by atoms with E-state index in [4.69, 9.17) is 15.9 Å². The van der Waals surface area contributed by atoms with Gasteiger partial charge >= 0.3 is 17.9 Å². The van der Waals surface area contributed by atoms with Crippen LogP contribution in [-0.4, -0.2) is 52.2 Å². The SMILES string of the molecule is CC[C@H](NC(=O)CC[C@H](N)C(=O)O)C(=O)O[C@@H](C)C(=O)O. The van der Waals surface area contributed by atoms with Crippen molar-refractivity contribution < 1.29 is 34.1 Å². The van der Waals surface area contributed by atoms with Gasteiger partial charge in [0, 0.05) is 6.42 Å². The number of ether oxygens (including phenoxy) is 1. The minimum absolute atomic E-state index is 0.0713. The van der Waals surface area contributed by atoms with Crippen molar-refractivity contribution >= 4 is 23.8 Å². The molecule has 1 amide bonds. The van der Waals surface area contributed by atoms with Gasteiger partial charge in [-0.3, -0.25) is 9.59 Å². The largest absolute Gasteiger partial charge is 0.480 e. The van der Waals surface area contributed by atoms with E-state index in [2.05, 4.69) is 10.1 Å². The van der Waals surface area contributed by atoms with E-state index in [1.54, 1.807) is 6.92 Å². The Kier molecular flexibility index (Phi) is 7.99. The number of amides is 1. The lowest BCUT2D eigenvalue weighted by Gasteiger charge is -2.18. The van der Waals surface area contributed by atoms with E-state index >= 15 is 0 Å². The number of nitrogens with one attached hydrogen (secondary N) is 1. The second-order valence-corrected chi connectivity index (χ2v) is 4.43. The van der Waals surface area contributed by atoms with E-state index in [1.165, 1.54) is 6.92 Å². The zero-order valence-corrected chi connectivity index (χ0v) is 11.9. The van der Waals surface area contributed by atoms with E-state index in [-0.39, 0.29) is 19.3 Å². The highest BCUT2D eigenvalue weighted by atomic mass is 16.6. The maximum atomic E-state index is 11.7. The molecule has 0 aromatic heterocycles. The van der Waals surface area contributed by atoms with Crippen molar-refractivity contribution in [3.63, 3.8) is 0 Å². The fourth-order valence-corrected chi connectivity index (χ4v) is 1.31. The van der Waals surface area contributed by atoms with Gasteiger partial charge in [-0.2, -0.15) is 0 Å². The van der Waals surface area contributed by atoms with Crippen molar-refractivity contribution in [3.8, 4) is 0 Å². The number of carboxylic acids is 2. The summed E-state index contributed by atoms with van der Waals surface area (Å²) in [6.07, 6.45) is -1.34. The second kappa shape index (κ2) is 8.90. The number of esters is 1. The van der Waals surface area contributed by atoms with E-state index in [0.717, 1.165) is 0 Å². The zero-order chi connectivity index (χ0) is 16.6. The van der Waals surface area contributed by atoms with Crippen LogP contribution in [0.2, 0.25) is 0 Å². The quantitative estimate of drug-likeness (QED) is 0.399. The Morgan fingerprint density at radius 3 is 2.19 bits per heavy atom. The molecule has 0 aliphatic carbocycles. The lowest BCUT2D eigenvalue weighted by Crippen LogP contribution is -2.43. The number of carbonyl (C=O) groups excluding carboxylic acids is 2. The summed E-state index contributed by atoms with van der Waals surface area (Å²) in [6.45, 7) is 2.81. The maximum Gasteiger partial charge on any atom is 0.344 e. The molecule has 5 N–H and O–H groups in total. The van der Waals surface area contributed by atoms with Crippen LogP contribution in [0.15, 0.2) is 0 Å². The monoisotopic (exact) mass is 304 g/mol. The number of carboxylic acid groups (broad SMARTS) is 2. The summed E-state index contributed by atoms with van der Waals surface area (Å²) in [6, 6.07) is -2.14. The van der Waals surface area contributed by atoms with Crippen LogP contribution >= 0.6 is 0 Å². The molecule has 0 fully saturated rings. The molecular weight excluding hydrogens is 284 g/mol. The van der Waals surface area contributed by atoms with E-state index in [1.807, 2.05) is 0 Å². The summed E-state index contributed by atoms with van der Waals surface area (Å²) in [5, 5.41) is 19.6. The van der Waals surface area contributed by atoms with Crippen molar-refractivity contribution in [2.45, 2.75) is 51.3 Å². The molecule has 0 aliphatic heterocycles. The van der Waals surface area contributed by atoms with Crippen LogP contribution in [0.1, 0.15) is 33.1 Å². The Balaban J connectivity index is 4.36.